The van der Waals surface area contributed by atoms with Gasteiger partial charge in [-0.05, 0) is 54.6 Å². The Morgan fingerprint density at radius 1 is 1.32 bits per heavy atom. The number of hydrogen-bond acceptors (Lipinski definition) is 4. The highest BCUT2D eigenvalue weighted by Crippen LogP contribution is 2.27. The van der Waals surface area contributed by atoms with Crippen LogP contribution in [0.15, 0.2) is 52.3 Å². The van der Waals surface area contributed by atoms with Gasteiger partial charge in [-0.2, -0.15) is 5.26 Å². The van der Waals surface area contributed by atoms with E-state index in [2.05, 4.69) is 5.32 Å². The van der Waals surface area contributed by atoms with E-state index in [1.807, 2.05) is 48.7 Å². The van der Waals surface area contributed by atoms with E-state index in [1.165, 1.54) is 11.8 Å². The summed E-state index contributed by atoms with van der Waals surface area (Å²) in [6.07, 6.45) is 0. The van der Waals surface area contributed by atoms with Crippen LogP contribution in [0.3, 0.4) is 0 Å². The quantitative estimate of drug-likeness (QED) is 0.613. The second-order valence-electron chi connectivity index (χ2n) is 4.44. The highest BCUT2D eigenvalue weighted by molar-refractivity contribution is 8.03. The second-order valence-corrected chi connectivity index (χ2v) is 6.72. The molecule has 1 amide bonds. The Kier molecular flexibility index (Phi) is 6.20. The summed E-state index contributed by atoms with van der Waals surface area (Å²) < 4.78 is 0. The number of thiocyanates is 1. The van der Waals surface area contributed by atoms with Gasteiger partial charge in [-0.3, -0.25) is 4.79 Å². The Balaban J connectivity index is 1.95. The molecule has 0 aliphatic rings. The first-order valence-electron chi connectivity index (χ1n) is 6.44. The number of halogens is 1. The third kappa shape index (κ3) is 4.70. The van der Waals surface area contributed by atoms with Crippen molar-refractivity contribution in [3.8, 4) is 5.40 Å². The van der Waals surface area contributed by atoms with Crippen molar-refractivity contribution in [2.75, 3.05) is 11.1 Å². The summed E-state index contributed by atoms with van der Waals surface area (Å²) in [5, 5.41) is 14.2. The molecule has 22 heavy (non-hydrogen) atoms. The monoisotopic (exact) mass is 348 g/mol. The normalized spacial score (nSPS) is 10.0. The van der Waals surface area contributed by atoms with Crippen LogP contribution in [0.5, 0.6) is 0 Å². The van der Waals surface area contributed by atoms with E-state index in [0.717, 1.165) is 32.8 Å². The van der Waals surface area contributed by atoms with Crippen LogP contribution in [0, 0.1) is 17.6 Å². The lowest BCUT2D eigenvalue weighted by Crippen LogP contribution is -2.14. The van der Waals surface area contributed by atoms with Crippen molar-refractivity contribution in [3.05, 3.63) is 53.1 Å². The van der Waals surface area contributed by atoms with E-state index >= 15 is 0 Å². The molecule has 6 heteroatoms. The number of anilines is 1. The summed E-state index contributed by atoms with van der Waals surface area (Å²) in [4.78, 5) is 13.8. The fourth-order valence-electron chi connectivity index (χ4n) is 1.78. The summed E-state index contributed by atoms with van der Waals surface area (Å²) in [5.74, 6) is 0.200. The minimum Gasteiger partial charge on any atom is -0.325 e. The van der Waals surface area contributed by atoms with Gasteiger partial charge in [0.1, 0.15) is 5.40 Å². The Morgan fingerprint density at radius 2 is 2.09 bits per heavy atom. The SMILES string of the molecule is Cc1cc(SC#N)ccc1NC(=O)CSc1ccccc1Cl. The van der Waals surface area contributed by atoms with Crippen molar-refractivity contribution >= 4 is 46.7 Å². The molecule has 0 saturated carbocycles. The lowest BCUT2D eigenvalue weighted by molar-refractivity contribution is -0.113. The summed E-state index contributed by atoms with van der Waals surface area (Å²) in [6.45, 7) is 1.90. The molecular weight excluding hydrogens is 336 g/mol. The fraction of sp³-hybridized carbons (Fsp3) is 0.125. The van der Waals surface area contributed by atoms with Gasteiger partial charge in [0.25, 0.3) is 0 Å². The molecule has 0 aliphatic heterocycles. The molecule has 112 valence electrons. The van der Waals surface area contributed by atoms with Gasteiger partial charge in [-0.1, -0.05) is 23.7 Å². The third-order valence-corrected chi connectivity index (χ3v) is 4.93. The molecule has 0 unspecified atom stereocenters. The van der Waals surface area contributed by atoms with Gasteiger partial charge in [0, 0.05) is 15.5 Å². The van der Waals surface area contributed by atoms with Crippen LogP contribution in [0.2, 0.25) is 5.02 Å². The maximum Gasteiger partial charge on any atom is 0.234 e. The van der Waals surface area contributed by atoms with Gasteiger partial charge < -0.3 is 5.32 Å². The van der Waals surface area contributed by atoms with E-state index in [9.17, 15) is 4.79 Å². The number of nitrogens with one attached hydrogen (secondary N) is 1. The average Bonchev–Trinajstić information content (AvgIpc) is 2.49. The van der Waals surface area contributed by atoms with E-state index in [0.29, 0.717) is 5.02 Å². The van der Waals surface area contributed by atoms with Gasteiger partial charge >= 0.3 is 0 Å². The summed E-state index contributed by atoms with van der Waals surface area (Å²) in [7, 11) is 0. The Hall–Kier alpha value is -1.61. The number of thioether (sulfide) groups is 2. The predicted molar refractivity (Wildman–Crippen MR) is 93.5 cm³/mol. The second kappa shape index (κ2) is 8.14. The molecule has 2 aromatic carbocycles. The highest BCUT2D eigenvalue weighted by Gasteiger charge is 2.08. The van der Waals surface area contributed by atoms with E-state index in [-0.39, 0.29) is 11.7 Å². The average molecular weight is 349 g/mol. The smallest absolute Gasteiger partial charge is 0.234 e. The van der Waals surface area contributed by atoms with Crippen molar-refractivity contribution in [2.45, 2.75) is 16.7 Å². The zero-order chi connectivity index (χ0) is 15.9. The number of aryl methyl sites for hydroxylation is 1. The molecule has 0 aliphatic carbocycles. The van der Waals surface area contributed by atoms with Gasteiger partial charge in [-0.15, -0.1) is 11.8 Å². The molecule has 0 atom stereocenters. The minimum atomic E-state index is -0.0892. The molecule has 0 saturated heterocycles. The summed E-state index contributed by atoms with van der Waals surface area (Å²) in [5.41, 5.74) is 1.68. The molecule has 2 aromatic rings. The van der Waals surface area contributed by atoms with Gasteiger partial charge in [0.15, 0.2) is 0 Å². The third-order valence-electron chi connectivity index (χ3n) is 2.83. The van der Waals surface area contributed by atoms with Crippen molar-refractivity contribution in [1.82, 2.24) is 0 Å². The van der Waals surface area contributed by atoms with Crippen LogP contribution in [0.25, 0.3) is 0 Å². The molecule has 0 bridgehead atoms. The van der Waals surface area contributed by atoms with Gasteiger partial charge in [0.2, 0.25) is 5.91 Å². The number of hydrogen-bond donors (Lipinski definition) is 1. The molecule has 0 aromatic heterocycles. The molecule has 0 spiro atoms. The van der Waals surface area contributed by atoms with Crippen LogP contribution < -0.4 is 5.32 Å². The molecule has 1 N–H and O–H groups in total. The lowest BCUT2D eigenvalue weighted by atomic mass is 10.2. The number of nitrogens with zero attached hydrogens (tertiary/aromatic N) is 1. The van der Waals surface area contributed by atoms with Crippen molar-refractivity contribution < 1.29 is 4.79 Å². The number of carbonyl (C=O) groups is 1. The number of amides is 1. The van der Waals surface area contributed by atoms with Crippen LogP contribution in [0.4, 0.5) is 5.69 Å². The minimum absolute atomic E-state index is 0.0892. The number of rotatable bonds is 5. The summed E-state index contributed by atoms with van der Waals surface area (Å²) >= 11 is 8.56. The Bertz CT molecular complexity index is 728. The van der Waals surface area contributed by atoms with Gasteiger partial charge in [0.05, 0.1) is 10.8 Å². The number of nitriles is 1. The topological polar surface area (TPSA) is 52.9 Å². The van der Waals surface area contributed by atoms with Crippen LogP contribution >= 0.6 is 35.1 Å². The first-order valence-corrected chi connectivity index (χ1v) is 8.62. The standard InChI is InChI=1S/C16H13ClN2OS2/c1-11-8-12(22-10-18)6-7-14(11)19-16(20)9-21-15-5-3-2-4-13(15)17/h2-8H,9H2,1H3,(H,19,20). The van der Waals surface area contributed by atoms with Crippen molar-refractivity contribution in [3.63, 3.8) is 0 Å². The highest BCUT2D eigenvalue weighted by atomic mass is 35.5. The van der Waals surface area contributed by atoms with Crippen molar-refractivity contribution in [1.29, 1.82) is 5.26 Å². The number of carbonyl (C=O) groups excluding carboxylic acids is 1. The number of benzene rings is 2. The Labute approximate surface area is 143 Å². The predicted octanol–water partition coefficient (Wildman–Crippen LogP) is 4.95. The zero-order valence-electron chi connectivity index (χ0n) is 11.8. The molecular formula is C16H13ClN2OS2. The van der Waals surface area contributed by atoms with Crippen LogP contribution in [-0.4, -0.2) is 11.7 Å². The van der Waals surface area contributed by atoms with E-state index in [1.54, 1.807) is 6.07 Å². The Morgan fingerprint density at radius 3 is 2.77 bits per heavy atom. The maximum absolute atomic E-state index is 12.0. The fourth-order valence-corrected chi connectivity index (χ4v) is 3.30. The molecule has 2 rings (SSSR count). The molecule has 0 fully saturated rings. The molecule has 3 nitrogen and oxygen atoms in total. The molecule has 0 radical (unpaired) electrons. The van der Waals surface area contributed by atoms with Gasteiger partial charge in [-0.25, -0.2) is 0 Å². The molecule has 0 heterocycles. The van der Waals surface area contributed by atoms with Crippen LogP contribution in [-0.2, 0) is 4.79 Å². The first-order chi connectivity index (χ1) is 10.6. The first kappa shape index (κ1) is 16.8. The summed E-state index contributed by atoms with van der Waals surface area (Å²) in [6, 6.07) is 12.9. The lowest BCUT2D eigenvalue weighted by Gasteiger charge is -2.09. The van der Waals surface area contributed by atoms with E-state index < -0.39 is 0 Å². The maximum atomic E-state index is 12.0. The largest absolute Gasteiger partial charge is 0.325 e. The van der Waals surface area contributed by atoms with Crippen LogP contribution in [0.1, 0.15) is 5.56 Å². The van der Waals surface area contributed by atoms with E-state index in [4.69, 9.17) is 16.9 Å². The van der Waals surface area contributed by atoms with Crippen molar-refractivity contribution in [2.24, 2.45) is 0 Å². The zero-order valence-corrected chi connectivity index (χ0v) is 14.2.